The molecular weight excluding hydrogens is 274 g/mol. The van der Waals surface area contributed by atoms with E-state index in [1.807, 2.05) is 0 Å². The minimum Gasteiger partial charge on any atom is -0.497 e. The predicted octanol–water partition coefficient (Wildman–Crippen LogP) is 0.514. The summed E-state index contributed by atoms with van der Waals surface area (Å²) in [6.07, 6.45) is 0.725. The Morgan fingerprint density at radius 1 is 1.43 bits per heavy atom. The van der Waals surface area contributed by atoms with Crippen LogP contribution in [0.1, 0.15) is 12.0 Å². The van der Waals surface area contributed by atoms with Crippen molar-refractivity contribution < 1.29 is 24.1 Å². The van der Waals surface area contributed by atoms with Gasteiger partial charge in [0.25, 0.3) is 0 Å². The molecule has 1 heterocycles. The van der Waals surface area contributed by atoms with Crippen molar-refractivity contribution in [1.29, 1.82) is 0 Å². The molecule has 0 aromatic heterocycles. The third kappa shape index (κ3) is 4.09. The molecule has 1 saturated heterocycles. The maximum Gasteiger partial charge on any atom is 0.224 e. The van der Waals surface area contributed by atoms with Crippen molar-refractivity contribution in [2.24, 2.45) is 0 Å². The van der Waals surface area contributed by atoms with Gasteiger partial charge in [0, 0.05) is 31.2 Å². The average molecular weight is 295 g/mol. The van der Waals surface area contributed by atoms with Crippen molar-refractivity contribution in [3.63, 3.8) is 0 Å². The van der Waals surface area contributed by atoms with Crippen LogP contribution < -0.4 is 14.8 Å². The molecule has 1 atom stereocenters. The van der Waals surface area contributed by atoms with Gasteiger partial charge in [-0.3, -0.25) is 4.79 Å². The number of benzene rings is 1. The van der Waals surface area contributed by atoms with E-state index < -0.39 is 5.60 Å². The molecule has 1 aliphatic heterocycles. The van der Waals surface area contributed by atoms with Crippen LogP contribution in [0.4, 0.5) is 0 Å². The van der Waals surface area contributed by atoms with Crippen LogP contribution in [0.3, 0.4) is 0 Å². The summed E-state index contributed by atoms with van der Waals surface area (Å²) < 4.78 is 15.5. The van der Waals surface area contributed by atoms with E-state index in [2.05, 4.69) is 5.32 Å². The summed E-state index contributed by atoms with van der Waals surface area (Å²) in [5.74, 6) is 1.11. The number of hydrogen-bond acceptors (Lipinski definition) is 5. The summed E-state index contributed by atoms with van der Waals surface area (Å²) in [7, 11) is 3.13. The van der Waals surface area contributed by atoms with Gasteiger partial charge in [0.2, 0.25) is 5.91 Å². The van der Waals surface area contributed by atoms with Gasteiger partial charge >= 0.3 is 0 Å². The van der Waals surface area contributed by atoms with Crippen molar-refractivity contribution >= 4 is 5.91 Å². The maximum atomic E-state index is 12.0. The lowest BCUT2D eigenvalue weighted by atomic mass is 10.0. The molecule has 0 bridgehead atoms. The number of nitrogens with one attached hydrogen (secondary N) is 1. The van der Waals surface area contributed by atoms with Gasteiger partial charge in [0.1, 0.15) is 17.1 Å². The summed E-state index contributed by atoms with van der Waals surface area (Å²) in [4.78, 5) is 12.0. The zero-order valence-electron chi connectivity index (χ0n) is 12.3. The highest BCUT2D eigenvalue weighted by Gasteiger charge is 2.32. The molecule has 6 nitrogen and oxygen atoms in total. The van der Waals surface area contributed by atoms with E-state index in [-0.39, 0.29) is 25.5 Å². The molecule has 0 radical (unpaired) electrons. The second-order valence-corrected chi connectivity index (χ2v) is 5.16. The fourth-order valence-corrected chi connectivity index (χ4v) is 2.23. The maximum absolute atomic E-state index is 12.0. The average Bonchev–Trinajstić information content (AvgIpc) is 2.93. The standard InChI is InChI=1S/C15H21NO5/c1-19-12-4-3-11(13(8-12)20-2)7-14(17)16-9-15(18)5-6-21-10-15/h3-4,8,18H,5-7,9-10H2,1-2H3,(H,16,17). The predicted molar refractivity (Wildman–Crippen MR) is 76.6 cm³/mol. The first-order valence-electron chi connectivity index (χ1n) is 6.84. The van der Waals surface area contributed by atoms with Gasteiger partial charge in [0.15, 0.2) is 0 Å². The minimum atomic E-state index is -0.945. The van der Waals surface area contributed by atoms with Crippen LogP contribution in [-0.2, 0) is 16.0 Å². The number of ether oxygens (including phenoxy) is 3. The zero-order valence-corrected chi connectivity index (χ0v) is 12.3. The fourth-order valence-electron chi connectivity index (χ4n) is 2.23. The van der Waals surface area contributed by atoms with Crippen LogP contribution in [0.15, 0.2) is 18.2 Å². The van der Waals surface area contributed by atoms with Gasteiger partial charge in [-0.2, -0.15) is 0 Å². The fraction of sp³-hybridized carbons (Fsp3) is 0.533. The molecule has 1 aliphatic rings. The summed E-state index contributed by atoms with van der Waals surface area (Å²) in [6, 6.07) is 5.31. The van der Waals surface area contributed by atoms with Crippen molar-refractivity contribution in [2.75, 3.05) is 34.0 Å². The number of carbonyl (C=O) groups excluding carboxylic acids is 1. The van der Waals surface area contributed by atoms with Crippen LogP contribution >= 0.6 is 0 Å². The van der Waals surface area contributed by atoms with Gasteiger partial charge < -0.3 is 24.6 Å². The number of hydrogen-bond donors (Lipinski definition) is 2. The lowest BCUT2D eigenvalue weighted by Gasteiger charge is -2.20. The molecule has 0 saturated carbocycles. The van der Waals surface area contributed by atoms with Gasteiger partial charge in [0.05, 0.1) is 27.2 Å². The highest BCUT2D eigenvalue weighted by Crippen LogP contribution is 2.25. The minimum absolute atomic E-state index is 0.168. The Bertz CT molecular complexity index is 497. The molecule has 2 rings (SSSR count). The molecule has 1 aromatic carbocycles. The molecule has 2 N–H and O–H groups in total. The number of methoxy groups -OCH3 is 2. The summed E-state index contributed by atoms with van der Waals surface area (Å²) >= 11 is 0. The number of carbonyl (C=O) groups is 1. The van der Waals surface area contributed by atoms with E-state index in [9.17, 15) is 9.90 Å². The van der Waals surface area contributed by atoms with Crippen molar-refractivity contribution in [2.45, 2.75) is 18.4 Å². The number of amides is 1. The van der Waals surface area contributed by atoms with E-state index in [0.717, 1.165) is 5.56 Å². The van der Waals surface area contributed by atoms with E-state index in [1.165, 1.54) is 0 Å². The first-order chi connectivity index (χ1) is 10.1. The molecule has 1 fully saturated rings. The first kappa shape index (κ1) is 15.6. The van der Waals surface area contributed by atoms with Gasteiger partial charge in [-0.25, -0.2) is 0 Å². The first-order valence-corrected chi connectivity index (χ1v) is 6.84. The van der Waals surface area contributed by atoms with E-state index >= 15 is 0 Å². The molecule has 1 unspecified atom stereocenters. The van der Waals surface area contributed by atoms with Crippen LogP contribution in [-0.4, -0.2) is 50.6 Å². The largest absolute Gasteiger partial charge is 0.497 e. The molecule has 0 spiro atoms. The Balaban J connectivity index is 1.93. The molecule has 1 amide bonds. The Morgan fingerprint density at radius 3 is 2.86 bits per heavy atom. The Kier molecular flexibility index (Phi) is 5.03. The number of aliphatic hydroxyl groups is 1. The topological polar surface area (TPSA) is 77.0 Å². The third-order valence-electron chi connectivity index (χ3n) is 3.54. The normalized spacial score (nSPS) is 21.1. The molecular formula is C15H21NO5. The van der Waals surface area contributed by atoms with Crippen LogP contribution in [0.5, 0.6) is 11.5 Å². The van der Waals surface area contributed by atoms with Crippen LogP contribution in [0.25, 0.3) is 0 Å². The lowest BCUT2D eigenvalue weighted by molar-refractivity contribution is -0.121. The molecule has 0 aliphatic carbocycles. The van der Waals surface area contributed by atoms with Gasteiger partial charge in [-0.05, 0) is 6.07 Å². The van der Waals surface area contributed by atoms with Gasteiger partial charge in [-0.1, -0.05) is 6.07 Å². The summed E-state index contributed by atoms with van der Waals surface area (Å²) in [5, 5.41) is 12.8. The van der Waals surface area contributed by atoms with E-state index in [0.29, 0.717) is 24.5 Å². The highest BCUT2D eigenvalue weighted by atomic mass is 16.5. The van der Waals surface area contributed by atoms with Crippen LogP contribution in [0.2, 0.25) is 0 Å². The molecule has 6 heteroatoms. The Hall–Kier alpha value is -1.79. The Labute approximate surface area is 124 Å². The second kappa shape index (κ2) is 6.78. The van der Waals surface area contributed by atoms with E-state index in [4.69, 9.17) is 14.2 Å². The van der Waals surface area contributed by atoms with Crippen molar-refractivity contribution in [3.05, 3.63) is 23.8 Å². The third-order valence-corrected chi connectivity index (χ3v) is 3.54. The van der Waals surface area contributed by atoms with Crippen LogP contribution in [0, 0.1) is 0 Å². The Morgan fingerprint density at radius 2 is 2.24 bits per heavy atom. The quantitative estimate of drug-likeness (QED) is 0.800. The SMILES string of the molecule is COc1ccc(CC(=O)NCC2(O)CCOC2)c(OC)c1. The smallest absolute Gasteiger partial charge is 0.224 e. The monoisotopic (exact) mass is 295 g/mol. The van der Waals surface area contributed by atoms with Crippen molar-refractivity contribution in [1.82, 2.24) is 5.32 Å². The number of rotatable bonds is 6. The lowest BCUT2D eigenvalue weighted by Crippen LogP contribution is -2.43. The molecule has 1 aromatic rings. The van der Waals surface area contributed by atoms with Gasteiger partial charge in [-0.15, -0.1) is 0 Å². The van der Waals surface area contributed by atoms with Crippen molar-refractivity contribution in [3.8, 4) is 11.5 Å². The second-order valence-electron chi connectivity index (χ2n) is 5.16. The summed E-state index contributed by atoms with van der Waals surface area (Å²) in [5.41, 5.74) is -0.176. The highest BCUT2D eigenvalue weighted by molar-refractivity contribution is 5.79. The molecule has 21 heavy (non-hydrogen) atoms. The molecule has 116 valence electrons. The summed E-state index contributed by atoms with van der Waals surface area (Å²) in [6.45, 7) is 0.988. The zero-order chi connectivity index (χ0) is 15.3. The van der Waals surface area contributed by atoms with E-state index in [1.54, 1.807) is 32.4 Å².